The lowest BCUT2D eigenvalue weighted by molar-refractivity contribution is -0.274. The molecule has 0 aliphatic carbocycles. The summed E-state index contributed by atoms with van der Waals surface area (Å²) in [5.74, 6) is -1.59. The normalized spacial score (nSPS) is 11.7. The summed E-state index contributed by atoms with van der Waals surface area (Å²) in [5, 5.41) is -0.283. The van der Waals surface area contributed by atoms with E-state index in [4.69, 9.17) is 17.3 Å². The highest BCUT2D eigenvalue weighted by atomic mass is 35.5. The average molecular weight is 278 g/mol. The van der Waals surface area contributed by atoms with E-state index in [9.17, 15) is 22.0 Å². The molecular weight excluding hydrogens is 273 g/mol. The van der Waals surface area contributed by atoms with Crippen molar-refractivity contribution >= 4 is 17.3 Å². The fourth-order valence-corrected chi connectivity index (χ4v) is 1.17. The van der Waals surface area contributed by atoms with Gasteiger partial charge in [-0.25, -0.2) is 0 Å². The van der Waals surface area contributed by atoms with Crippen molar-refractivity contribution in [3.8, 4) is 11.5 Å². The van der Waals surface area contributed by atoms with Gasteiger partial charge in [0.25, 0.3) is 0 Å². The van der Waals surface area contributed by atoms with Crippen molar-refractivity contribution in [3.05, 3.63) is 17.2 Å². The molecule has 9 heteroatoms. The zero-order valence-corrected chi connectivity index (χ0v) is 8.65. The number of anilines is 1. The van der Waals surface area contributed by atoms with E-state index in [0.717, 1.165) is 12.1 Å². The van der Waals surface area contributed by atoms with Gasteiger partial charge in [-0.1, -0.05) is 11.6 Å². The van der Waals surface area contributed by atoms with Crippen LogP contribution in [-0.4, -0.2) is 13.0 Å². The molecule has 17 heavy (non-hydrogen) atoms. The Morgan fingerprint density at radius 3 is 2.18 bits per heavy atom. The van der Waals surface area contributed by atoms with E-state index in [1.807, 2.05) is 0 Å². The van der Waals surface area contributed by atoms with Crippen LogP contribution in [0.4, 0.5) is 27.6 Å². The second-order valence-electron chi connectivity index (χ2n) is 2.74. The molecule has 0 unspecified atom stereocenters. The Morgan fingerprint density at radius 2 is 1.71 bits per heavy atom. The molecule has 2 N–H and O–H groups in total. The third kappa shape index (κ3) is 4.14. The van der Waals surface area contributed by atoms with E-state index >= 15 is 0 Å². The van der Waals surface area contributed by atoms with E-state index in [1.54, 1.807) is 0 Å². The smallest absolute Gasteiger partial charge is 0.432 e. The highest BCUT2D eigenvalue weighted by molar-refractivity contribution is 6.31. The molecule has 0 saturated heterocycles. The topological polar surface area (TPSA) is 44.5 Å². The summed E-state index contributed by atoms with van der Waals surface area (Å²) in [6.45, 7) is -3.24. The first-order valence-electron chi connectivity index (χ1n) is 3.98. The predicted molar refractivity (Wildman–Crippen MR) is 49.2 cm³/mol. The van der Waals surface area contributed by atoms with Crippen LogP contribution >= 0.6 is 11.6 Å². The molecule has 0 saturated carbocycles. The maximum Gasteiger partial charge on any atom is 0.573 e. The Morgan fingerprint density at radius 1 is 1.18 bits per heavy atom. The van der Waals surface area contributed by atoms with E-state index in [-0.39, 0.29) is 5.02 Å². The van der Waals surface area contributed by atoms with Crippen LogP contribution in [0.3, 0.4) is 0 Å². The monoisotopic (exact) mass is 277 g/mol. The molecule has 0 atom stereocenters. The minimum absolute atomic E-state index is 0.283. The van der Waals surface area contributed by atoms with Gasteiger partial charge in [0.2, 0.25) is 0 Å². The van der Waals surface area contributed by atoms with Gasteiger partial charge in [-0.05, 0) is 0 Å². The van der Waals surface area contributed by atoms with Crippen LogP contribution in [0.5, 0.6) is 11.5 Å². The quantitative estimate of drug-likeness (QED) is 0.680. The second kappa shape index (κ2) is 4.82. The molecule has 0 heterocycles. The number of benzene rings is 1. The first-order chi connectivity index (χ1) is 7.69. The number of hydrogen-bond donors (Lipinski definition) is 1. The highest BCUT2D eigenvalue weighted by Crippen LogP contribution is 2.38. The molecule has 0 bridgehead atoms. The van der Waals surface area contributed by atoms with Crippen molar-refractivity contribution in [2.75, 3.05) is 5.73 Å². The zero-order valence-electron chi connectivity index (χ0n) is 7.89. The molecule has 1 aromatic rings. The van der Waals surface area contributed by atoms with Gasteiger partial charge < -0.3 is 15.2 Å². The SMILES string of the molecule is Nc1c(OC(F)F)cc(Cl)cc1OC(F)(F)F. The van der Waals surface area contributed by atoms with Crippen LogP contribution in [-0.2, 0) is 0 Å². The average Bonchev–Trinajstić information content (AvgIpc) is 2.09. The van der Waals surface area contributed by atoms with Crippen molar-refractivity contribution in [1.29, 1.82) is 0 Å². The summed E-state index contributed by atoms with van der Waals surface area (Å²) < 4.78 is 67.0. The van der Waals surface area contributed by atoms with E-state index < -0.39 is 30.2 Å². The fourth-order valence-electron chi connectivity index (χ4n) is 0.972. The van der Waals surface area contributed by atoms with E-state index in [1.165, 1.54) is 0 Å². The van der Waals surface area contributed by atoms with Crippen LogP contribution in [0.15, 0.2) is 12.1 Å². The lowest BCUT2D eigenvalue weighted by atomic mass is 10.2. The lowest BCUT2D eigenvalue weighted by Gasteiger charge is -2.14. The van der Waals surface area contributed by atoms with Gasteiger partial charge in [-0.3, -0.25) is 0 Å². The van der Waals surface area contributed by atoms with Gasteiger partial charge in [-0.2, -0.15) is 8.78 Å². The minimum atomic E-state index is -5.01. The Kier molecular flexibility index (Phi) is 3.87. The van der Waals surface area contributed by atoms with Gasteiger partial charge in [-0.15, -0.1) is 13.2 Å². The third-order valence-electron chi connectivity index (χ3n) is 1.51. The Balaban J connectivity index is 3.10. The molecule has 0 aliphatic rings. The van der Waals surface area contributed by atoms with Crippen molar-refractivity contribution in [2.24, 2.45) is 0 Å². The van der Waals surface area contributed by atoms with Crippen LogP contribution in [0.25, 0.3) is 0 Å². The number of hydrogen-bond acceptors (Lipinski definition) is 3. The molecule has 0 fully saturated rings. The summed E-state index contributed by atoms with van der Waals surface area (Å²) in [6.07, 6.45) is -5.01. The Hall–Kier alpha value is -1.44. The summed E-state index contributed by atoms with van der Waals surface area (Å²) in [5.41, 5.74) is 4.45. The fraction of sp³-hybridized carbons (Fsp3) is 0.250. The number of halogens is 6. The van der Waals surface area contributed by atoms with Crippen LogP contribution in [0.1, 0.15) is 0 Å². The maximum atomic E-state index is 11.9. The van der Waals surface area contributed by atoms with Crippen LogP contribution < -0.4 is 15.2 Å². The lowest BCUT2D eigenvalue weighted by Crippen LogP contribution is -2.18. The van der Waals surface area contributed by atoms with Gasteiger partial charge in [0.05, 0.1) is 0 Å². The number of alkyl halides is 5. The van der Waals surface area contributed by atoms with Crippen molar-refractivity contribution in [3.63, 3.8) is 0 Å². The Labute approximate surface area is 96.9 Å². The standard InChI is InChI=1S/C8H5ClF5NO2/c9-3-1-4(16-7(10)11)6(15)5(2-3)17-8(12,13)14/h1-2,7H,15H2. The van der Waals surface area contributed by atoms with Crippen molar-refractivity contribution < 1.29 is 31.4 Å². The maximum absolute atomic E-state index is 11.9. The Bertz CT molecular complexity index is 410. The van der Waals surface area contributed by atoms with E-state index in [0.29, 0.717) is 0 Å². The summed E-state index contributed by atoms with van der Waals surface area (Å²) >= 11 is 5.41. The van der Waals surface area contributed by atoms with Crippen molar-refractivity contribution in [2.45, 2.75) is 13.0 Å². The molecular formula is C8H5ClF5NO2. The first kappa shape index (κ1) is 13.6. The largest absolute Gasteiger partial charge is 0.573 e. The summed E-state index contributed by atoms with van der Waals surface area (Å²) in [6, 6.07) is 1.59. The molecule has 96 valence electrons. The summed E-state index contributed by atoms with van der Waals surface area (Å²) in [4.78, 5) is 0. The molecule has 0 aromatic heterocycles. The van der Waals surface area contributed by atoms with Gasteiger partial charge >= 0.3 is 13.0 Å². The molecule has 0 amide bonds. The minimum Gasteiger partial charge on any atom is -0.432 e. The molecule has 1 aromatic carbocycles. The van der Waals surface area contributed by atoms with E-state index in [2.05, 4.69) is 9.47 Å². The molecule has 1 rings (SSSR count). The number of nitrogen functional groups attached to an aromatic ring is 1. The zero-order chi connectivity index (χ0) is 13.2. The van der Waals surface area contributed by atoms with Crippen LogP contribution in [0.2, 0.25) is 5.02 Å². The number of rotatable bonds is 3. The molecule has 0 radical (unpaired) electrons. The van der Waals surface area contributed by atoms with Crippen molar-refractivity contribution in [1.82, 2.24) is 0 Å². The predicted octanol–water partition coefficient (Wildman–Crippen LogP) is 3.42. The molecule has 0 aliphatic heterocycles. The third-order valence-corrected chi connectivity index (χ3v) is 1.73. The van der Waals surface area contributed by atoms with Crippen LogP contribution in [0, 0.1) is 0 Å². The summed E-state index contributed by atoms with van der Waals surface area (Å²) in [7, 11) is 0. The highest BCUT2D eigenvalue weighted by Gasteiger charge is 2.32. The number of nitrogens with two attached hydrogens (primary N) is 1. The van der Waals surface area contributed by atoms with Gasteiger partial charge in [0.15, 0.2) is 11.5 Å². The van der Waals surface area contributed by atoms with Gasteiger partial charge in [0.1, 0.15) is 5.69 Å². The first-order valence-corrected chi connectivity index (χ1v) is 4.36. The molecule has 0 spiro atoms. The second-order valence-corrected chi connectivity index (χ2v) is 3.18. The molecule has 3 nitrogen and oxygen atoms in total. The number of ether oxygens (including phenoxy) is 2. The van der Waals surface area contributed by atoms with Gasteiger partial charge in [0, 0.05) is 17.2 Å².